The quantitative estimate of drug-likeness (QED) is 0.532. The van der Waals surface area contributed by atoms with Crippen LogP contribution in [0.4, 0.5) is 24.9 Å². The molecular formula is C24H27F3N8O2. The van der Waals surface area contributed by atoms with Crippen LogP contribution < -0.4 is 15.5 Å². The Hall–Kier alpha value is -3.45. The van der Waals surface area contributed by atoms with Gasteiger partial charge in [0, 0.05) is 45.2 Å². The first kappa shape index (κ1) is 23.9. The Kier molecular flexibility index (Phi) is 6.11. The zero-order valence-electron chi connectivity index (χ0n) is 20.0. The maximum Gasteiger partial charge on any atom is 0.416 e. The zero-order valence-corrected chi connectivity index (χ0v) is 20.0. The molecule has 13 heteroatoms. The van der Waals surface area contributed by atoms with Crippen LogP contribution in [-0.4, -0.2) is 88.6 Å². The van der Waals surface area contributed by atoms with E-state index in [0.29, 0.717) is 41.8 Å². The minimum Gasteiger partial charge on any atom is -0.379 e. The number of nitrogens with one attached hydrogen (secondary N) is 2. The van der Waals surface area contributed by atoms with Crippen LogP contribution in [-0.2, 0) is 15.7 Å². The number of aromatic nitrogens is 4. The van der Waals surface area contributed by atoms with Gasteiger partial charge in [0.2, 0.25) is 11.9 Å². The summed E-state index contributed by atoms with van der Waals surface area (Å²) in [7, 11) is 0. The van der Waals surface area contributed by atoms with Gasteiger partial charge in [0.1, 0.15) is 5.82 Å². The molecule has 0 radical (unpaired) electrons. The molecule has 5 heterocycles. The van der Waals surface area contributed by atoms with Crippen LogP contribution in [0.2, 0.25) is 0 Å². The maximum absolute atomic E-state index is 13.4. The Morgan fingerprint density at radius 3 is 2.73 bits per heavy atom. The third-order valence-electron chi connectivity index (χ3n) is 7.16. The monoisotopic (exact) mass is 516 g/mol. The van der Waals surface area contributed by atoms with E-state index < -0.39 is 11.7 Å². The van der Waals surface area contributed by atoms with E-state index in [1.807, 2.05) is 0 Å². The first-order chi connectivity index (χ1) is 17.8. The van der Waals surface area contributed by atoms with E-state index in [-0.39, 0.29) is 17.6 Å². The van der Waals surface area contributed by atoms with E-state index in [4.69, 9.17) is 9.72 Å². The molecule has 3 aliphatic heterocycles. The lowest BCUT2D eigenvalue weighted by Crippen LogP contribution is -2.44. The second kappa shape index (κ2) is 9.45. The molecule has 0 saturated carbocycles. The summed E-state index contributed by atoms with van der Waals surface area (Å²) in [4.78, 5) is 25.8. The van der Waals surface area contributed by atoms with Gasteiger partial charge in [-0.05, 0) is 24.6 Å². The summed E-state index contributed by atoms with van der Waals surface area (Å²) < 4.78 is 47.1. The van der Waals surface area contributed by atoms with Crippen molar-refractivity contribution >= 4 is 28.7 Å². The number of ether oxygens (including phenoxy) is 1. The van der Waals surface area contributed by atoms with Crippen molar-refractivity contribution in [2.24, 2.45) is 0 Å². The summed E-state index contributed by atoms with van der Waals surface area (Å²) in [6.45, 7) is 5.22. The SMILES string of the molecule is O=C1C[C@H](Nc2nc(N3CC[C@@H](N4CCOCC4)C3)c3cnn(-c4cccc(C(F)(F)F)c4)c3n2)CN1. The summed E-state index contributed by atoms with van der Waals surface area (Å²) in [5, 5.41) is 11.1. The minimum absolute atomic E-state index is 0.0549. The second-order valence-electron chi connectivity index (χ2n) is 9.60. The fourth-order valence-corrected chi connectivity index (χ4v) is 5.27. The van der Waals surface area contributed by atoms with E-state index in [1.165, 1.54) is 10.7 Å². The van der Waals surface area contributed by atoms with Gasteiger partial charge in [-0.1, -0.05) is 6.07 Å². The number of nitrogens with zero attached hydrogens (tertiary/aromatic N) is 6. The summed E-state index contributed by atoms with van der Waals surface area (Å²) in [6, 6.07) is 5.20. The first-order valence-corrected chi connectivity index (χ1v) is 12.4. The largest absolute Gasteiger partial charge is 0.416 e. The maximum atomic E-state index is 13.4. The van der Waals surface area contributed by atoms with Gasteiger partial charge >= 0.3 is 6.18 Å². The van der Waals surface area contributed by atoms with Gasteiger partial charge in [0.25, 0.3) is 0 Å². The van der Waals surface area contributed by atoms with Crippen molar-refractivity contribution in [3.05, 3.63) is 36.0 Å². The van der Waals surface area contributed by atoms with Crippen LogP contribution in [0.15, 0.2) is 30.5 Å². The van der Waals surface area contributed by atoms with Crippen LogP contribution in [0.25, 0.3) is 16.7 Å². The number of fused-ring (bicyclic) bond motifs is 1. The highest BCUT2D eigenvalue weighted by Crippen LogP contribution is 2.33. The predicted octanol–water partition coefficient (Wildman–Crippen LogP) is 2.05. The third kappa shape index (κ3) is 4.80. The van der Waals surface area contributed by atoms with E-state index in [2.05, 4.69) is 30.5 Å². The van der Waals surface area contributed by atoms with Crippen molar-refractivity contribution < 1.29 is 22.7 Å². The van der Waals surface area contributed by atoms with Gasteiger partial charge in [-0.3, -0.25) is 9.69 Å². The number of halogens is 3. The Bertz CT molecular complexity index is 1310. The molecule has 3 saturated heterocycles. The molecule has 0 spiro atoms. The van der Waals surface area contributed by atoms with Crippen molar-refractivity contribution in [1.82, 2.24) is 30.0 Å². The van der Waals surface area contributed by atoms with E-state index >= 15 is 0 Å². The number of alkyl halides is 3. The molecule has 3 fully saturated rings. The molecule has 0 unspecified atom stereocenters. The molecular weight excluding hydrogens is 489 g/mol. The smallest absolute Gasteiger partial charge is 0.379 e. The Morgan fingerprint density at radius 1 is 1.14 bits per heavy atom. The minimum atomic E-state index is -4.47. The van der Waals surface area contributed by atoms with Crippen LogP contribution >= 0.6 is 0 Å². The highest BCUT2D eigenvalue weighted by atomic mass is 19.4. The Morgan fingerprint density at radius 2 is 1.97 bits per heavy atom. The molecule has 0 bridgehead atoms. The van der Waals surface area contributed by atoms with Gasteiger partial charge in [-0.25, -0.2) is 4.68 Å². The predicted molar refractivity (Wildman–Crippen MR) is 130 cm³/mol. The zero-order chi connectivity index (χ0) is 25.6. The summed E-state index contributed by atoms with van der Waals surface area (Å²) in [6.07, 6.45) is -1.60. The van der Waals surface area contributed by atoms with Gasteiger partial charge in [0.05, 0.1) is 42.1 Å². The van der Waals surface area contributed by atoms with Crippen LogP contribution in [0.5, 0.6) is 0 Å². The number of morpholine rings is 1. The third-order valence-corrected chi connectivity index (χ3v) is 7.16. The standard InChI is InChI=1S/C24H27F3N8O2/c25-24(26,27)15-2-1-3-17(10-15)35-22-19(13-29-35)21(31-23(32-22)30-16-11-20(36)28-12-16)34-5-4-18(14-34)33-6-8-37-9-7-33/h1-3,10,13,16,18H,4-9,11-12,14H2,(H,28,36)(H,30,31,32)/t16-,18+/m0/s1. The van der Waals surface area contributed by atoms with Crippen LogP contribution in [0.3, 0.4) is 0 Å². The number of hydrogen-bond acceptors (Lipinski definition) is 8. The Labute approximate surface area is 210 Å². The molecule has 3 aliphatic rings. The summed E-state index contributed by atoms with van der Waals surface area (Å²) in [5.41, 5.74) is -0.102. The number of carbonyl (C=O) groups excluding carboxylic acids is 1. The molecule has 1 amide bonds. The van der Waals surface area contributed by atoms with Crippen molar-refractivity contribution in [2.45, 2.75) is 31.1 Å². The molecule has 2 atom stereocenters. The lowest BCUT2D eigenvalue weighted by atomic mass is 10.2. The first-order valence-electron chi connectivity index (χ1n) is 12.4. The van der Waals surface area contributed by atoms with Crippen LogP contribution in [0.1, 0.15) is 18.4 Å². The van der Waals surface area contributed by atoms with Gasteiger partial charge in [-0.2, -0.15) is 28.2 Å². The topological polar surface area (TPSA) is 100 Å². The average molecular weight is 517 g/mol. The Balaban J connectivity index is 1.38. The normalized spacial score (nSPS) is 23.1. The van der Waals surface area contributed by atoms with Crippen molar-refractivity contribution in [1.29, 1.82) is 0 Å². The van der Waals surface area contributed by atoms with Gasteiger partial charge < -0.3 is 20.3 Å². The number of amides is 1. The number of anilines is 2. The highest BCUT2D eigenvalue weighted by Gasteiger charge is 2.33. The van der Waals surface area contributed by atoms with Gasteiger partial charge in [-0.15, -0.1) is 0 Å². The summed E-state index contributed by atoms with van der Waals surface area (Å²) >= 11 is 0. The van der Waals surface area contributed by atoms with Crippen molar-refractivity contribution in [3.63, 3.8) is 0 Å². The molecule has 0 aliphatic carbocycles. The summed E-state index contributed by atoms with van der Waals surface area (Å²) in [5.74, 6) is 0.937. The molecule has 1 aromatic carbocycles. The fourth-order valence-electron chi connectivity index (χ4n) is 5.27. The highest BCUT2D eigenvalue weighted by molar-refractivity contribution is 5.89. The van der Waals surface area contributed by atoms with Crippen molar-refractivity contribution in [2.75, 3.05) is 56.2 Å². The van der Waals surface area contributed by atoms with Crippen molar-refractivity contribution in [3.8, 4) is 5.69 Å². The van der Waals surface area contributed by atoms with Gasteiger partial charge in [0.15, 0.2) is 5.65 Å². The van der Waals surface area contributed by atoms with E-state index in [0.717, 1.165) is 57.9 Å². The second-order valence-corrected chi connectivity index (χ2v) is 9.60. The molecule has 2 aromatic heterocycles. The van der Waals surface area contributed by atoms with Crippen LogP contribution in [0, 0.1) is 0 Å². The lowest BCUT2D eigenvalue weighted by Gasteiger charge is -2.32. The molecule has 6 rings (SSSR count). The average Bonchev–Trinajstić information content (AvgIpc) is 3.64. The molecule has 2 N–H and O–H groups in total. The number of benzene rings is 1. The van der Waals surface area contributed by atoms with E-state index in [9.17, 15) is 18.0 Å². The number of carbonyl (C=O) groups is 1. The molecule has 3 aromatic rings. The lowest BCUT2D eigenvalue weighted by molar-refractivity contribution is -0.137. The number of hydrogen-bond donors (Lipinski definition) is 2. The molecule has 10 nitrogen and oxygen atoms in total. The fraction of sp³-hybridized carbons (Fsp3) is 0.500. The molecule has 196 valence electrons. The number of rotatable bonds is 5. The molecule has 37 heavy (non-hydrogen) atoms. The van der Waals surface area contributed by atoms with E-state index in [1.54, 1.807) is 12.3 Å².